The average Bonchev–Trinajstić information content (AvgIpc) is 3.16. The second kappa shape index (κ2) is 7.46. The van der Waals surface area contributed by atoms with E-state index >= 15 is 0 Å². The summed E-state index contributed by atoms with van der Waals surface area (Å²) < 4.78 is 3.23. The standard InChI is InChI=1S/C20H17ClN4O3/c21-15-7-3-1-5-13(15)11-25-19(28)14-6-2-4-8-17(14)24-12-16(23-20(24)25)18(27)22-9-10-26/h1-8,12,26H,9-11H2,(H,22,27). The fourth-order valence-corrected chi connectivity index (χ4v) is 3.34. The zero-order chi connectivity index (χ0) is 19.7. The van der Waals surface area contributed by atoms with Crippen molar-refractivity contribution in [1.29, 1.82) is 0 Å². The molecule has 0 spiro atoms. The lowest BCUT2D eigenvalue weighted by atomic mass is 10.2. The number of nitrogens with zero attached hydrogens (tertiary/aromatic N) is 3. The van der Waals surface area contributed by atoms with E-state index in [-0.39, 0.29) is 30.9 Å². The van der Waals surface area contributed by atoms with Gasteiger partial charge in [0.2, 0.25) is 5.78 Å². The summed E-state index contributed by atoms with van der Waals surface area (Å²) in [6.45, 7) is 0.181. The van der Waals surface area contributed by atoms with E-state index in [0.29, 0.717) is 21.7 Å². The van der Waals surface area contributed by atoms with Crippen molar-refractivity contribution in [3.05, 3.63) is 81.4 Å². The Morgan fingerprint density at radius 2 is 1.89 bits per heavy atom. The molecule has 0 aliphatic heterocycles. The van der Waals surface area contributed by atoms with Crippen molar-refractivity contribution in [1.82, 2.24) is 19.3 Å². The minimum absolute atomic E-state index is 0.125. The van der Waals surface area contributed by atoms with Crippen LogP contribution in [-0.4, -0.2) is 38.1 Å². The normalized spacial score (nSPS) is 11.2. The molecule has 2 N–H and O–H groups in total. The van der Waals surface area contributed by atoms with Gasteiger partial charge in [-0.25, -0.2) is 4.98 Å². The maximum absolute atomic E-state index is 13.1. The van der Waals surface area contributed by atoms with Gasteiger partial charge in [0, 0.05) is 17.8 Å². The second-order valence-electron chi connectivity index (χ2n) is 6.28. The first-order valence-electron chi connectivity index (χ1n) is 8.73. The van der Waals surface area contributed by atoms with Gasteiger partial charge in [-0.1, -0.05) is 41.9 Å². The molecule has 0 fully saturated rings. The molecule has 0 saturated heterocycles. The second-order valence-corrected chi connectivity index (χ2v) is 6.68. The Balaban J connectivity index is 1.95. The number of aliphatic hydroxyl groups is 1. The monoisotopic (exact) mass is 396 g/mol. The molecule has 2 aromatic heterocycles. The maximum Gasteiger partial charge on any atom is 0.271 e. The van der Waals surface area contributed by atoms with Gasteiger partial charge in [-0.2, -0.15) is 0 Å². The molecule has 8 heteroatoms. The van der Waals surface area contributed by atoms with Crippen LogP contribution in [0.2, 0.25) is 5.02 Å². The summed E-state index contributed by atoms with van der Waals surface area (Å²) in [4.78, 5) is 29.8. The highest BCUT2D eigenvalue weighted by Crippen LogP contribution is 2.19. The molecule has 28 heavy (non-hydrogen) atoms. The summed E-state index contributed by atoms with van der Waals surface area (Å²) in [5, 5.41) is 12.6. The summed E-state index contributed by atoms with van der Waals surface area (Å²) >= 11 is 6.28. The predicted molar refractivity (Wildman–Crippen MR) is 107 cm³/mol. The molecule has 7 nitrogen and oxygen atoms in total. The smallest absolute Gasteiger partial charge is 0.271 e. The molecule has 0 radical (unpaired) electrons. The summed E-state index contributed by atoms with van der Waals surface area (Å²) in [6.07, 6.45) is 1.59. The number of hydrogen-bond acceptors (Lipinski definition) is 4. The van der Waals surface area contributed by atoms with Crippen LogP contribution < -0.4 is 10.9 Å². The Kier molecular flexibility index (Phi) is 4.85. The van der Waals surface area contributed by atoms with Gasteiger partial charge in [-0.15, -0.1) is 0 Å². The molecule has 4 rings (SSSR count). The molecule has 0 aliphatic carbocycles. The summed E-state index contributed by atoms with van der Waals surface area (Å²) in [5.74, 6) is -0.0728. The molecular formula is C20H17ClN4O3. The average molecular weight is 397 g/mol. The molecule has 142 valence electrons. The van der Waals surface area contributed by atoms with Gasteiger partial charge in [0.15, 0.2) is 0 Å². The largest absolute Gasteiger partial charge is 0.395 e. The molecule has 2 aromatic carbocycles. The van der Waals surface area contributed by atoms with Crippen molar-refractivity contribution in [2.24, 2.45) is 0 Å². The lowest BCUT2D eigenvalue weighted by Gasteiger charge is -2.11. The van der Waals surface area contributed by atoms with Gasteiger partial charge in [0.05, 0.1) is 24.1 Å². The number of aliphatic hydroxyl groups excluding tert-OH is 1. The van der Waals surface area contributed by atoms with Crippen molar-refractivity contribution in [2.75, 3.05) is 13.2 Å². The van der Waals surface area contributed by atoms with Crippen LogP contribution in [-0.2, 0) is 6.54 Å². The number of hydrogen-bond donors (Lipinski definition) is 2. The number of aromatic nitrogens is 3. The third kappa shape index (κ3) is 3.15. The Bertz CT molecular complexity index is 1250. The predicted octanol–water partition coefficient (Wildman–Crippen LogP) is 2.07. The van der Waals surface area contributed by atoms with E-state index in [2.05, 4.69) is 10.3 Å². The minimum atomic E-state index is -0.418. The van der Waals surface area contributed by atoms with Crippen LogP contribution in [0.25, 0.3) is 16.7 Å². The van der Waals surface area contributed by atoms with E-state index in [0.717, 1.165) is 5.56 Å². The molecule has 0 unspecified atom stereocenters. The van der Waals surface area contributed by atoms with Crippen molar-refractivity contribution in [3.8, 4) is 0 Å². The molecule has 0 atom stereocenters. The van der Waals surface area contributed by atoms with E-state index in [9.17, 15) is 9.59 Å². The highest BCUT2D eigenvalue weighted by atomic mass is 35.5. The third-order valence-corrected chi connectivity index (χ3v) is 4.85. The number of rotatable bonds is 5. The summed E-state index contributed by atoms with van der Waals surface area (Å²) in [7, 11) is 0. The zero-order valence-electron chi connectivity index (χ0n) is 14.8. The van der Waals surface area contributed by atoms with Gasteiger partial charge in [0.1, 0.15) is 5.69 Å². The Labute approximate surface area is 164 Å². The lowest BCUT2D eigenvalue weighted by Crippen LogP contribution is -2.26. The summed E-state index contributed by atoms with van der Waals surface area (Å²) in [5.41, 5.74) is 1.39. The number of fused-ring (bicyclic) bond motifs is 3. The lowest BCUT2D eigenvalue weighted by molar-refractivity contribution is 0.0940. The van der Waals surface area contributed by atoms with E-state index in [4.69, 9.17) is 16.7 Å². The molecule has 0 aliphatic rings. The number of para-hydroxylation sites is 1. The van der Waals surface area contributed by atoms with Crippen molar-refractivity contribution in [2.45, 2.75) is 6.54 Å². The molecular weight excluding hydrogens is 380 g/mol. The fourth-order valence-electron chi connectivity index (χ4n) is 3.15. The number of carbonyl (C=O) groups excluding carboxylic acids is 1. The first-order chi connectivity index (χ1) is 13.6. The molecule has 0 saturated carbocycles. The topological polar surface area (TPSA) is 88.6 Å². The van der Waals surface area contributed by atoms with Crippen molar-refractivity contribution >= 4 is 34.2 Å². The van der Waals surface area contributed by atoms with Gasteiger partial charge >= 0.3 is 0 Å². The number of carbonyl (C=O) groups is 1. The van der Waals surface area contributed by atoms with E-state index in [1.165, 1.54) is 4.57 Å². The zero-order valence-corrected chi connectivity index (χ0v) is 15.6. The Hall–Kier alpha value is -3.16. The quantitative estimate of drug-likeness (QED) is 0.540. The first kappa shape index (κ1) is 18.2. The van der Waals surface area contributed by atoms with Gasteiger partial charge in [-0.3, -0.25) is 18.6 Å². The molecule has 2 heterocycles. The van der Waals surface area contributed by atoms with Gasteiger partial charge in [-0.05, 0) is 23.8 Å². The molecule has 0 bridgehead atoms. The Morgan fingerprint density at radius 3 is 2.68 bits per heavy atom. The minimum Gasteiger partial charge on any atom is -0.395 e. The Morgan fingerprint density at radius 1 is 1.14 bits per heavy atom. The van der Waals surface area contributed by atoms with E-state index in [1.54, 1.807) is 34.9 Å². The van der Waals surface area contributed by atoms with Crippen LogP contribution in [0.3, 0.4) is 0 Å². The molecule has 4 aromatic rings. The SMILES string of the molecule is O=C(NCCO)c1cn2c3ccccc3c(=O)n(Cc3ccccc3Cl)c2n1. The van der Waals surface area contributed by atoms with E-state index in [1.807, 2.05) is 24.3 Å². The number of imidazole rings is 1. The van der Waals surface area contributed by atoms with Crippen LogP contribution in [0.5, 0.6) is 0 Å². The van der Waals surface area contributed by atoms with Gasteiger partial charge < -0.3 is 10.4 Å². The number of benzene rings is 2. The number of amides is 1. The van der Waals surface area contributed by atoms with Crippen LogP contribution >= 0.6 is 11.6 Å². The number of nitrogens with one attached hydrogen (secondary N) is 1. The van der Waals surface area contributed by atoms with E-state index < -0.39 is 5.91 Å². The van der Waals surface area contributed by atoms with Crippen molar-refractivity contribution < 1.29 is 9.90 Å². The van der Waals surface area contributed by atoms with Crippen LogP contribution in [0, 0.1) is 0 Å². The fraction of sp³-hybridized carbons (Fsp3) is 0.150. The van der Waals surface area contributed by atoms with Gasteiger partial charge in [0.25, 0.3) is 11.5 Å². The van der Waals surface area contributed by atoms with Crippen LogP contribution in [0.1, 0.15) is 16.1 Å². The highest BCUT2D eigenvalue weighted by Gasteiger charge is 2.17. The summed E-state index contributed by atoms with van der Waals surface area (Å²) in [6, 6.07) is 14.4. The molecule has 1 amide bonds. The highest BCUT2D eigenvalue weighted by molar-refractivity contribution is 6.31. The van der Waals surface area contributed by atoms with Crippen LogP contribution in [0.15, 0.2) is 59.5 Å². The maximum atomic E-state index is 13.1. The third-order valence-electron chi connectivity index (χ3n) is 4.48. The first-order valence-corrected chi connectivity index (χ1v) is 9.11. The van der Waals surface area contributed by atoms with Crippen molar-refractivity contribution in [3.63, 3.8) is 0 Å². The van der Waals surface area contributed by atoms with Crippen LogP contribution in [0.4, 0.5) is 0 Å². The number of halogens is 1.